The Morgan fingerprint density at radius 1 is 1.28 bits per heavy atom. The number of carbonyl (C=O) groups excluding carboxylic acids is 2. The van der Waals surface area contributed by atoms with E-state index in [-0.39, 0.29) is 25.5 Å². The molecule has 1 radical (unpaired) electrons. The number of nitrogens with two attached hydrogens (primary N) is 1. The first-order chi connectivity index (χ1) is 8.54. The van der Waals surface area contributed by atoms with Crippen molar-refractivity contribution in [2.24, 2.45) is 5.73 Å². The Kier molecular flexibility index (Phi) is 5.26. The van der Waals surface area contributed by atoms with Gasteiger partial charge in [-0.2, -0.15) is 0 Å². The van der Waals surface area contributed by atoms with E-state index in [4.69, 9.17) is 10.8 Å². The highest BCUT2D eigenvalue weighted by molar-refractivity contribution is 6.14. The summed E-state index contributed by atoms with van der Waals surface area (Å²) in [6.07, 6.45) is 0.0207. The molecule has 0 atom stereocenters. The topological polar surface area (TPSA) is 92.4 Å². The Morgan fingerprint density at radius 3 is 2.39 bits per heavy atom. The van der Waals surface area contributed by atoms with Crippen molar-refractivity contribution in [2.45, 2.75) is 6.42 Å². The number of nitrogens with one attached hydrogen (secondary N) is 1. The number of hydrogen-bond donors (Lipinski definition) is 3. The van der Waals surface area contributed by atoms with E-state index in [1.54, 1.807) is 0 Å². The number of aliphatic hydroxyl groups excluding tert-OH is 1. The maximum Gasteiger partial charge on any atom is 0.237 e. The molecule has 5 nitrogen and oxygen atoms in total. The van der Waals surface area contributed by atoms with Crippen molar-refractivity contribution in [3.05, 3.63) is 41.6 Å². The predicted octanol–water partition coefficient (Wildman–Crippen LogP) is -0.464. The van der Waals surface area contributed by atoms with Crippen LogP contribution < -0.4 is 11.1 Å². The minimum absolute atomic E-state index is 0.0207. The average molecular weight is 253 g/mol. The van der Waals surface area contributed by atoms with Crippen LogP contribution in [0, 0.1) is 11.7 Å². The fraction of sp³-hybridized carbons (Fsp3) is 0.250. The van der Waals surface area contributed by atoms with E-state index < -0.39 is 17.6 Å². The third kappa shape index (κ3) is 4.14. The van der Waals surface area contributed by atoms with E-state index in [0.29, 0.717) is 5.56 Å². The lowest BCUT2D eigenvalue weighted by Crippen LogP contribution is -2.39. The van der Waals surface area contributed by atoms with Crippen LogP contribution in [0.3, 0.4) is 0 Å². The summed E-state index contributed by atoms with van der Waals surface area (Å²) < 4.78 is 12.7. The van der Waals surface area contributed by atoms with Gasteiger partial charge in [-0.3, -0.25) is 9.59 Å². The largest absolute Gasteiger partial charge is 0.395 e. The summed E-state index contributed by atoms with van der Waals surface area (Å²) in [5.41, 5.74) is 5.71. The molecule has 1 aromatic carbocycles. The highest BCUT2D eigenvalue weighted by Crippen LogP contribution is 2.11. The standard InChI is InChI=1S/C12H14FN2O3/c13-9-3-1-8(2-4-9)7-10(11(14)17)12(18)15-5-6-16/h1-4,16H,5-7H2,(H2,14,17)(H,15,18). The third-order valence-corrected chi connectivity index (χ3v) is 2.26. The Bertz CT molecular complexity index is 420. The molecule has 0 aliphatic heterocycles. The highest BCUT2D eigenvalue weighted by Gasteiger charge is 2.25. The molecule has 1 rings (SSSR count). The van der Waals surface area contributed by atoms with Gasteiger partial charge < -0.3 is 16.2 Å². The van der Waals surface area contributed by atoms with Crippen LogP contribution in [0.2, 0.25) is 0 Å². The van der Waals surface area contributed by atoms with Gasteiger partial charge >= 0.3 is 0 Å². The Morgan fingerprint density at radius 2 is 1.89 bits per heavy atom. The molecule has 6 heteroatoms. The summed E-state index contributed by atoms with van der Waals surface area (Å²) in [6.45, 7) is -0.187. The number of aliphatic hydroxyl groups is 1. The second kappa shape index (κ2) is 6.70. The summed E-state index contributed by atoms with van der Waals surface area (Å²) in [7, 11) is 0. The number of amides is 2. The SMILES string of the molecule is NC(=O)[C](Cc1ccc(F)cc1)C(=O)NCCO. The molecular weight excluding hydrogens is 239 g/mol. The smallest absolute Gasteiger partial charge is 0.237 e. The number of halogens is 1. The lowest BCUT2D eigenvalue weighted by Gasteiger charge is -2.12. The van der Waals surface area contributed by atoms with Crippen LogP contribution in [0.15, 0.2) is 24.3 Å². The summed E-state index contributed by atoms with van der Waals surface area (Å²) >= 11 is 0. The van der Waals surface area contributed by atoms with E-state index in [1.165, 1.54) is 24.3 Å². The van der Waals surface area contributed by atoms with Crippen molar-refractivity contribution in [1.82, 2.24) is 5.32 Å². The highest BCUT2D eigenvalue weighted by atomic mass is 19.1. The number of hydrogen-bond acceptors (Lipinski definition) is 3. The van der Waals surface area contributed by atoms with Gasteiger partial charge in [-0.05, 0) is 24.1 Å². The molecule has 1 aromatic rings. The number of benzene rings is 1. The lowest BCUT2D eigenvalue weighted by atomic mass is 9.98. The van der Waals surface area contributed by atoms with Gasteiger partial charge in [-0.15, -0.1) is 0 Å². The first-order valence-corrected chi connectivity index (χ1v) is 5.33. The molecule has 0 aliphatic carbocycles. The first-order valence-electron chi connectivity index (χ1n) is 5.33. The fourth-order valence-electron chi connectivity index (χ4n) is 1.36. The van der Waals surface area contributed by atoms with Gasteiger partial charge in [0.25, 0.3) is 0 Å². The van der Waals surface area contributed by atoms with Crippen molar-refractivity contribution in [1.29, 1.82) is 0 Å². The molecular formula is C12H14FN2O3. The van der Waals surface area contributed by atoms with Crippen molar-refractivity contribution >= 4 is 11.8 Å². The summed E-state index contributed by atoms with van der Waals surface area (Å²) in [4.78, 5) is 22.7. The van der Waals surface area contributed by atoms with Crippen molar-refractivity contribution in [3.63, 3.8) is 0 Å². The second-order valence-corrected chi connectivity index (χ2v) is 3.63. The molecule has 0 aliphatic rings. The van der Waals surface area contributed by atoms with Crippen LogP contribution in [-0.4, -0.2) is 30.1 Å². The van der Waals surface area contributed by atoms with Gasteiger partial charge in [0.05, 0.1) is 6.61 Å². The summed E-state index contributed by atoms with van der Waals surface area (Å²) in [5, 5.41) is 10.9. The molecule has 0 saturated heterocycles. The van der Waals surface area contributed by atoms with Crippen LogP contribution in [0.25, 0.3) is 0 Å². The van der Waals surface area contributed by atoms with Crippen molar-refractivity contribution in [2.75, 3.05) is 13.2 Å². The van der Waals surface area contributed by atoms with Gasteiger partial charge in [-0.1, -0.05) is 12.1 Å². The average Bonchev–Trinajstić information content (AvgIpc) is 2.34. The Balaban J connectivity index is 2.71. The Hall–Kier alpha value is -1.95. The summed E-state index contributed by atoms with van der Waals surface area (Å²) in [6, 6.07) is 5.41. The van der Waals surface area contributed by atoms with Crippen molar-refractivity contribution < 1.29 is 19.1 Å². The van der Waals surface area contributed by atoms with Gasteiger partial charge in [0.1, 0.15) is 5.82 Å². The zero-order valence-electron chi connectivity index (χ0n) is 9.65. The van der Waals surface area contributed by atoms with Crippen LogP contribution in [0.5, 0.6) is 0 Å². The van der Waals surface area contributed by atoms with Crippen molar-refractivity contribution in [3.8, 4) is 0 Å². The predicted molar refractivity (Wildman–Crippen MR) is 62.6 cm³/mol. The zero-order chi connectivity index (χ0) is 13.5. The fourth-order valence-corrected chi connectivity index (χ4v) is 1.36. The normalized spacial score (nSPS) is 10.4. The van der Waals surface area contributed by atoms with Crippen LogP contribution in [0.4, 0.5) is 4.39 Å². The number of rotatable bonds is 6. The number of primary amides is 1. The van der Waals surface area contributed by atoms with Crippen LogP contribution in [0.1, 0.15) is 5.56 Å². The minimum Gasteiger partial charge on any atom is -0.395 e. The molecule has 2 amide bonds. The van der Waals surface area contributed by atoms with E-state index in [2.05, 4.69) is 5.32 Å². The third-order valence-electron chi connectivity index (χ3n) is 2.26. The molecule has 0 fully saturated rings. The molecule has 0 aromatic heterocycles. The maximum absolute atomic E-state index is 12.7. The van der Waals surface area contributed by atoms with Crippen LogP contribution >= 0.6 is 0 Å². The second-order valence-electron chi connectivity index (χ2n) is 3.63. The zero-order valence-corrected chi connectivity index (χ0v) is 9.65. The molecule has 0 heterocycles. The molecule has 4 N–H and O–H groups in total. The maximum atomic E-state index is 12.7. The number of carbonyl (C=O) groups is 2. The molecule has 0 unspecified atom stereocenters. The monoisotopic (exact) mass is 253 g/mol. The van der Waals surface area contributed by atoms with Gasteiger partial charge in [0.15, 0.2) is 5.92 Å². The molecule has 97 valence electrons. The van der Waals surface area contributed by atoms with Crippen LogP contribution in [-0.2, 0) is 16.0 Å². The van der Waals surface area contributed by atoms with E-state index >= 15 is 0 Å². The lowest BCUT2D eigenvalue weighted by molar-refractivity contribution is -0.125. The Labute approximate surface area is 104 Å². The van der Waals surface area contributed by atoms with Gasteiger partial charge in [0.2, 0.25) is 11.8 Å². The van der Waals surface area contributed by atoms with E-state index in [9.17, 15) is 14.0 Å². The summed E-state index contributed by atoms with van der Waals surface area (Å²) in [5.74, 6) is -1.99. The quantitative estimate of drug-likeness (QED) is 0.599. The van der Waals surface area contributed by atoms with Gasteiger partial charge in [0, 0.05) is 6.54 Å². The minimum atomic E-state index is -0.838. The van der Waals surface area contributed by atoms with Gasteiger partial charge in [-0.25, -0.2) is 4.39 Å². The molecule has 0 spiro atoms. The molecule has 0 saturated carbocycles. The van der Waals surface area contributed by atoms with E-state index in [0.717, 1.165) is 0 Å². The van der Waals surface area contributed by atoms with E-state index in [1.807, 2.05) is 0 Å². The molecule has 18 heavy (non-hydrogen) atoms. The first kappa shape index (κ1) is 14.1. The molecule has 0 bridgehead atoms.